The number of anilines is 3. The minimum Gasteiger partial charge on any atom is -0.565 e. The van der Waals surface area contributed by atoms with Crippen molar-refractivity contribution >= 4 is 37.4 Å². The van der Waals surface area contributed by atoms with Gasteiger partial charge in [-0.25, -0.2) is 19.9 Å². The number of fused-ring (bicyclic) bond motifs is 5. The zero-order chi connectivity index (χ0) is 30.1. The molecular formula is C29H29FN7O5P. The molecule has 2 N–H and O–H groups in total. The van der Waals surface area contributed by atoms with Crippen LogP contribution in [0.25, 0.3) is 11.3 Å². The maximum absolute atomic E-state index is 13.7. The van der Waals surface area contributed by atoms with Crippen molar-refractivity contribution in [1.82, 2.24) is 19.7 Å². The summed E-state index contributed by atoms with van der Waals surface area (Å²) in [5, 5.41) is 15.5. The molecule has 2 aromatic carbocycles. The molecule has 3 atom stereocenters. The van der Waals surface area contributed by atoms with Crippen LogP contribution in [0.3, 0.4) is 0 Å². The number of para-hydroxylation sites is 1. The molecule has 14 heteroatoms. The van der Waals surface area contributed by atoms with Crippen molar-refractivity contribution in [2.45, 2.75) is 37.9 Å². The Morgan fingerprint density at radius 1 is 1.12 bits per heavy atom. The van der Waals surface area contributed by atoms with Crippen molar-refractivity contribution in [3.05, 3.63) is 89.9 Å². The Morgan fingerprint density at radius 3 is 2.56 bits per heavy atom. The highest BCUT2D eigenvalue weighted by Crippen LogP contribution is 2.43. The van der Waals surface area contributed by atoms with Crippen LogP contribution in [-0.4, -0.2) is 55.9 Å². The molecular weight excluding hydrogens is 576 g/mol. The van der Waals surface area contributed by atoms with Gasteiger partial charge in [-0.15, -0.1) is 0 Å². The first-order valence-corrected chi connectivity index (χ1v) is 14.7. The molecule has 0 spiro atoms. The highest BCUT2D eigenvalue weighted by atomic mass is 31.1. The van der Waals surface area contributed by atoms with E-state index in [9.17, 15) is 9.18 Å². The summed E-state index contributed by atoms with van der Waals surface area (Å²) in [7, 11) is -1.25. The van der Waals surface area contributed by atoms with Crippen molar-refractivity contribution in [2.24, 2.45) is 4.99 Å². The lowest BCUT2D eigenvalue weighted by atomic mass is 10.1. The fourth-order valence-electron chi connectivity index (χ4n) is 5.73. The van der Waals surface area contributed by atoms with Gasteiger partial charge in [0, 0.05) is 24.4 Å². The van der Waals surface area contributed by atoms with Crippen LogP contribution >= 0.6 is 8.25 Å². The van der Waals surface area contributed by atoms with Crippen molar-refractivity contribution in [3.8, 4) is 11.3 Å². The van der Waals surface area contributed by atoms with E-state index in [1.807, 2.05) is 59.3 Å². The molecule has 0 saturated heterocycles. The van der Waals surface area contributed by atoms with Gasteiger partial charge in [0.05, 0.1) is 24.3 Å². The van der Waals surface area contributed by atoms with Crippen LogP contribution in [0.5, 0.6) is 0 Å². The van der Waals surface area contributed by atoms with Gasteiger partial charge >= 0.3 is 8.25 Å². The fraction of sp³-hybridized carbons (Fsp3) is 0.241. The van der Waals surface area contributed by atoms with E-state index in [1.54, 1.807) is 24.1 Å². The monoisotopic (exact) mass is 605 g/mol. The fourth-order valence-corrected chi connectivity index (χ4v) is 5.73. The van der Waals surface area contributed by atoms with Crippen LogP contribution in [0.1, 0.15) is 36.6 Å². The first-order chi connectivity index (χ1) is 20.8. The Hall–Kier alpha value is -4.55. The molecule has 2 aliphatic heterocycles. The number of nitrogens with one attached hydrogen (secondary N) is 1. The number of pyridine rings is 1. The van der Waals surface area contributed by atoms with E-state index < -0.39 is 14.2 Å². The summed E-state index contributed by atoms with van der Waals surface area (Å²) >= 11 is 0. The van der Waals surface area contributed by atoms with Gasteiger partial charge in [-0.05, 0) is 53.7 Å². The number of benzene rings is 2. The molecule has 43 heavy (non-hydrogen) atoms. The van der Waals surface area contributed by atoms with Gasteiger partial charge in [-0.2, -0.15) is 9.49 Å². The summed E-state index contributed by atoms with van der Waals surface area (Å²) in [5.74, 6) is 1.39. The molecule has 7 rings (SSSR count). The summed E-state index contributed by atoms with van der Waals surface area (Å²) in [6.07, 6.45) is 3.19. The molecule has 1 amide bonds. The maximum Gasteiger partial charge on any atom is 0.521 e. The molecule has 3 aliphatic rings. The van der Waals surface area contributed by atoms with Gasteiger partial charge < -0.3 is 10.2 Å². The normalized spacial score (nSPS) is 18.7. The summed E-state index contributed by atoms with van der Waals surface area (Å²) in [6, 6.07) is 22.8. The highest BCUT2D eigenvalue weighted by molar-refractivity contribution is 7.30. The first-order valence-electron chi connectivity index (χ1n) is 13.6. The van der Waals surface area contributed by atoms with Crippen molar-refractivity contribution in [2.75, 3.05) is 17.3 Å². The van der Waals surface area contributed by atoms with E-state index in [2.05, 4.69) is 19.9 Å². The molecule has 0 bridgehead atoms. The number of nitrogens with zero attached hydrogens (tertiary/aromatic N) is 6. The number of rotatable bonds is 6. The predicted molar refractivity (Wildman–Crippen MR) is 158 cm³/mol. The molecule has 1 aliphatic carbocycles. The van der Waals surface area contributed by atoms with Crippen LogP contribution in [0, 0.1) is 5.95 Å². The number of aromatic nitrogens is 3. The molecule has 1 saturated carbocycles. The number of aliphatic imine (C=N–C) groups is 1. The third-order valence-electron chi connectivity index (χ3n) is 7.65. The zero-order valence-electron chi connectivity index (χ0n) is 23.0. The Bertz CT molecular complexity index is 1710. The van der Waals surface area contributed by atoms with Gasteiger partial charge in [0.25, 0.3) is 5.91 Å². The highest BCUT2D eigenvalue weighted by Gasteiger charge is 2.49. The largest absolute Gasteiger partial charge is 0.565 e. The second kappa shape index (κ2) is 12.0. The predicted octanol–water partition coefficient (Wildman–Crippen LogP) is 4.80. The van der Waals surface area contributed by atoms with Crippen molar-refractivity contribution in [1.29, 1.82) is 0 Å². The lowest BCUT2D eigenvalue weighted by Gasteiger charge is -2.34. The molecule has 12 nitrogen and oxygen atoms in total. The van der Waals surface area contributed by atoms with Crippen LogP contribution in [0.4, 0.5) is 21.7 Å². The zero-order valence-corrected chi connectivity index (χ0v) is 23.9. The van der Waals surface area contributed by atoms with Crippen LogP contribution < -0.4 is 15.1 Å². The molecule has 4 heterocycles. The topological polar surface area (TPSA) is 148 Å². The Labute approximate surface area is 248 Å². The third-order valence-corrected chi connectivity index (χ3v) is 7.79. The van der Waals surface area contributed by atoms with Gasteiger partial charge in [0.2, 0.25) is 11.9 Å². The number of guanidine groups is 1. The molecule has 1 fully saturated rings. The smallest absolute Gasteiger partial charge is 0.521 e. The second-order valence-corrected chi connectivity index (χ2v) is 10.9. The van der Waals surface area contributed by atoms with E-state index in [0.717, 1.165) is 36.1 Å². The number of carbonyl (C=O) groups excluding carboxylic acids is 1. The lowest BCUT2D eigenvalue weighted by Crippen LogP contribution is -2.51. The van der Waals surface area contributed by atoms with Crippen LogP contribution in [0.2, 0.25) is 0 Å². The summed E-state index contributed by atoms with van der Waals surface area (Å²) in [4.78, 5) is 35.3. The quantitative estimate of drug-likeness (QED) is 0.137. The Morgan fingerprint density at radius 2 is 1.86 bits per heavy atom. The molecule has 2 aromatic heterocycles. The minimum atomic E-state index is -3.04. The van der Waals surface area contributed by atoms with E-state index >= 15 is 0 Å². The standard InChI is InChI=1S/C29H26FN7O.HO4P.H2/c1-35-28(38)25-26(31-20-7-3-2-4-8-20)36(34-27(25)37-23-11-5-10-22(23)33-29(35)37)17-18-13-15-19(16-14-18)21-9-6-12-24(30)32-21;1-4-5(2)3;/h2-4,6-9,12-16,22-23,31H,5,10-11,17H2,1H3;1H;1H/t22-,23+;;/m1../s1. The molecule has 1 unspecified atom stereocenters. The summed E-state index contributed by atoms with van der Waals surface area (Å²) in [6.45, 7) is 0.449. The van der Waals surface area contributed by atoms with Crippen molar-refractivity contribution < 1.29 is 30.0 Å². The molecule has 222 valence electrons. The number of carbonyl (C=O) groups is 1. The van der Waals surface area contributed by atoms with Crippen LogP contribution in [-0.2, 0) is 15.8 Å². The van der Waals surface area contributed by atoms with Gasteiger partial charge in [-0.1, -0.05) is 48.5 Å². The maximum atomic E-state index is 13.7. The third kappa shape index (κ3) is 5.63. The van der Waals surface area contributed by atoms with E-state index in [1.165, 1.54) is 6.07 Å². The Kier molecular flexibility index (Phi) is 7.96. The Balaban J connectivity index is 0.000000595. The van der Waals surface area contributed by atoms with Crippen LogP contribution in [0.15, 0.2) is 77.8 Å². The van der Waals surface area contributed by atoms with E-state index in [-0.39, 0.29) is 19.4 Å². The first kappa shape index (κ1) is 28.6. The average molecular weight is 606 g/mol. The van der Waals surface area contributed by atoms with Gasteiger partial charge in [0.1, 0.15) is 11.4 Å². The average Bonchev–Trinajstić information content (AvgIpc) is 3.71. The van der Waals surface area contributed by atoms with Gasteiger partial charge in [-0.3, -0.25) is 14.6 Å². The molecule has 0 radical (unpaired) electrons. The minimum absolute atomic E-state index is 0. The number of hydrogen-bond donors (Lipinski definition) is 2. The number of hydrogen-bond acceptors (Lipinski definition) is 10. The number of amides is 1. The molecule has 4 aromatic rings. The number of halogens is 1. The summed E-state index contributed by atoms with van der Waals surface area (Å²) in [5.41, 5.74) is 3.84. The summed E-state index contributed by atoms with van der Waals surface area (Å²) < 4.78 is 27.1. The van der Waals surface area contributed by atoms with E-state index in [0.29, 0.717) is 35.4 Å². The van der Waals surface area contributed by atoms with Crippen molar-refractivity contribution in [3.63, 3.8) is 0 Å². The second-order valence-electron chi connectivity index (χ2n) is 10.3. The van der Waals surface area contributed by atoms with E-state index in [4.69, 9.17) is 24.8 Å². The lowest BCUT2D eigenvalue weighted by molar-refractivity contribution is -0.244. The SMILES string of the molecule is CN1C(=O)c2c(nn(Cc3ccc(-c4cccc(F)n4)cc3)c2Nc2ccccc2)N2C1=N[C@@H]1CCC[C@@H]12.O=[P+]([O-])OO.[HH]. The van der Waals surface area contributed by atoms with Gasteiger partial charge in [0.15, 0.2) is 5.82 Å².